The van der Waals surface area contributed by atoms with Crippen LogP contribution >= 0.6 is 0 Å². The highest BCUT2D eigenvalue weighted by molar-refractivity contribution is 5.80. The average molecular weight is 241 g/mol. The van der Waals surface area contributed by atoms with Gasteiger partial charge in [-0.05, 0) is 38.3 Å². The molecule has 0 aromatic carbocycles. The number of rotatable bonds is 7. The summed E-state index contributed by atoms with van der Waals surface area (Å²) < 4.78 is 5.62. The molecule has 1 fully saturated rings. The van der Waals surface area contributed by atoms with Crippen LogP contribution in [0.4, 0.5) is 0 Å². The predicted molar refractivity (Wildman–Crippen MR) is 63.2 cm³/mol. The van der Waals surface area contributed by atoms with Gasteiger partial charge in [0, 0.05) is 11.5 Å². The van der Waals surface area contributed by atoms with Crippen molar-refractivity contribution >= 4 is 5.91 Å². The summed E-state index contributed by atoms with van der Waals surface area (Å²) in [5.74, 6) is -0.395. The highest BCUT2D eigenvalue weighted by Gasteiger charge is 2.32. The molecule has 7 heteroatoms. The normalized spacial score (nSPS) is 25.2. The number of azide groups is 1. The molecular formula is C10H19N5O2. The fourth-order valence-corrected chi connectivity index (χ4v) is 1.95. The molecule has 7 nitrogen and oxygen atoms in total. The minimum atomic E-state index is -0.453. The molecule has 3 N–H and O–H groups in total. The van der Waals surface area contributed by atoms with Gasteiger partial charge >= 0.3 is 0 Å². The summed E-state index contributed by atoms with van der Waals surface area (Å²) in [5, 5.41) is 6.47. The molecule has 0 saturated carbocycles. The number of ether oxygens (including phenoxy) is 1. The Hall–Kier alpha value is -1.30. The van der Waals surface area contributed by atoms with Crippen LogP contribution in [0.15, 0.2) is 5.11 Å². The lowest BCUT2D eigenvalue weighted by Gasteiger charge is -2.21. The van der Waals surface area contributed by atoms with E-state index in [9.17, 15) is 4.79 Å². The predicted octanol–water partition coefficient (Wildman–Crippen LogP) is 0.698. The van der Waals surface area contributed by atoms with Crippen molar-refractivity contribution in [2.45, 2.75) is 44.4 Å². The van der Waals surface area contributed by atoms with Crippen LogP contribution in [0.5, 0.6) is 0 Å². The summed E-state index contributed by atoms with van der Waals surface area (Å²) in [6.07, 6.45) is 2.53. The zero-order valence-corrected chi connectivity index (χ0v) is 10.0. The molecule has 0 radical (unpaired) electrons. The summed E-state index contributed by atoms with van der Waals surface area (Å²) in [6, 6.07) is -0.453. The number of nitrogens with zero attached hydrogens (tertiary/aromatic N) is 3. The maximum atomic E-state index is 11.3. The highest BCUT2D eigenvalue weighted by atomic mass is 16.5. The second-order valence-electron chi connectivity index (χ2n) is 4.20. The van der Waals surface area contributed by atoms with Crippen molar-refractivity contribution in [3.05, 3.63) is 10.4 Å². The molecule has 96 valence electrons. The molecule has 1 heterocycles. The first-order valence-electron chi connectivity index (χ1n) is 5.84. The molecular weight excluding hydrogens is 222 g/mol. The summed E-state index contributed by atoms with van der Waals surface area (Å²) in [4.78, 5) is 14.0. The van der Waals surface area contributed by atoms with Crippen LogP contribution in [-0.4, -0.2) is 37.2 Å². The van der Waals surface area contributed by atoms with Gasteiger partial charge in [-0.1, -0.05) is 5.11 Å². The molecule has 0 bridgehead atoms. The van der Waals surface area contributed by atoms with Gasteiger partial charge in [-0.3, -0.25) is 4.79 Å². The van der Waals surface area contributed by atoms with Crippen molar-refractivity contribution in [2.75, 3.05) is 13.1 Å². The van der Waals surface area contributed by atoms with Crippen LogP contribution in [0, 0.1) is 0 Å². The Bertz CT molecular complexity index is 303. The van der Waals surface area contributed by atoms with Gasteiger partial charge in [0.05, 0.1) is 12.2 Å². The van der Waals surface area contributed by atoms with Gasteiger partial charge in [0.2, 0.25) is 5.91 Å². The van der Waals surface area contributed by atoms with E-state index >= 15 is 0 Å². The maximum absolute atomic E-state index is 11.3. The van der Waals surface area contributed by atoms with Crippen molar-refractivity contribution in [1.29, 1.82) is 0 Å². The molecule has 1 rings (SSSR count). The molecule has 0 spiro atoms. The Morgan fingerprint density at radius 1 is 1.71 bits per heavy atom. The smallest absolute Gasteiger partial charge is 0.237 e. The highest BCUT2D eigenvalue weighted by Crippen LogP contribution is 2.21. The molecule has 1 aliphatic rings. The van der Waals surface area contributed by atoms with E-state index in [2.05, 4.69) is 15.3 Å². The molecule has 1 saturated heterocycles. The van der Waals surface area contributed by atoms with E-state index in [1.165, 1.54) is 0 Å². The Labute approximate surface area is 100 Å². The van der Waals surface area contributed by atoms with Crippen LogP contribution in [0.2, 0.25) is 0 Å². The van der Waals surface area contributed by atoms with Crippen LogP contribution in [0.25, 0.3) is 10.4 Å². The van der Waals surface area contributed by atoms with E-state index in [0.717, 1.165) is 12.8 Å². The van der Waals surface area contributed by atoms with E-state index in [0.29, 0.717) is 19.5 Å². The van der Waals surface area contributed by atoms with Crippen molar-refractivity contribution in [3.8, 4) is 0 Å². The third-order valence-corrected chi connectivity index (χ3v) is 2.81. The Morgan fingerprint density at radius 2 is 2.47 bits per heavy atom. The van der Waals surface area contributed by atoms with Gasteiger partial charge in [-0.2, -0.15) is 0 Å². The Kier molecular flexibility index (Phi) is 5.76. The van der Waals surface area contributed by atoms with E-state index < -0.39 is 11.9 Å². The van der Waals surface area contributed by atoms with Crippen LogP contribution < -0.4 is 11.1 Å². The number of nitrogens with one attached hydrogen (secondary N) is 1. The number of amides is 1. The average Bonchev–Trinajstić information content (AvgIpc) is 2.69. The molecule has 17 heavy (non-hydrogen) atoms. The van der Waals surface area contributed by atoms with Gasteiger partial charge in [0.15, 0.2) is 0 Å². The zero-order valence-electron chi connectivity index (χ0n) is 10.0. The molecule has 1 aliphatic heterocycles. The maximum Gasteiger partial charge on any atom is 0.237 e. The number of hydrogen-bond acceptors (Lipinski definition) is 4. The lowest BCUT2D eigenvalue weighted by molar-refractivity contribution is -0.123. The summed E-state index contributed by atoms with van der Waals surface area (Å²) in [5.41, 5.74) is 13.4. The van der Waals surface area contributed by atoms with Crippen LogP contribution in [-0.2, 0) is 9.53 Å². The minimum Gasteiger partial charge on any atom is -0.373 e. The topological polar surface area (TPSA) is 113 Å². The monoisotopic (exact) mass is 241 g/mol. The van der Waals surface area contributed by atoms with Crippen molar-refractivity contribution in [3.63, 3.8) is 0 Å². The Balaban J connectivity index is 2.33. The first-order valence-corrected chi connectivity index (χ1v) is 5.84. The fraction of sp³-hybridized carbons (Fsp3) is 0.900. The van der Waals surface area contributed by atoms with Gasteiger partial charge in [-0.15, -0.1) is 0 Å². The molecule has 1 amide bonds. The van der Waals surface area contributed by atoms with Crippen molar-refractivity contribution in [1.82, 2.24) is 5.32 Å². The summed E-state index contributed by atoms with van der Waals surface area (Å²) >= 11 is 0. The lowest BCUT2D eigenvalue weighted by Crippen LogP contribution is -2.49. The van der Waals surface area contributed by atoms with Crippen molar-refractivity contribution < 1.29 is 9.53 Å². The second kappa shape index (κ2) is 7.11. The van der Waals surface area contributed by atoms with Crippen LogP contribution in [0.1, 0.15) is 26.2 Å². The number of primary amides is 1. The second-order valence-corrected chi connectivity index (χ2v) is 4.20. The molecule has 0 aliphatic carbocycles. The SMILES string of the molecule is CC1CCC(C(NCCCN=[N+]=[N-])C(N)=O)O1. The fourth-order valence-electron chi connectivity index (χ4n) is 1.95. The first-order chi connectivity index (χ1) is 8.15. The lowest BCUT2D eigenvalue weighted by atomic mass is 10.1. The number of carbonyl (C=O) groups is 1. The van der Waals surface area contributed by atoms with E-state index in [1.807, 2.05) is 6.92 Å². The van der Waals surface area contributed by atoms with Crippen molar-refractivity contribution in [2.24, 2.45) is 10.8 Å². The zero-order chi connectivity index (χ0) is 12.7. The first kappa shape index (κ1) is 13.8. The summed E-state index contributed by atoms with van der Waals surface area (Å²) in [7, 11) is 0. The van der Waals surface area contributed by atoms with Gasteiger partial charge in [0.25, 0.3) is 0 Å². The molecule has 0 aromatic heterocycles. The number of carbonyl (C=O) groups excluding carboxylic acids is 1. The number of hydrogen-bond donors (Lipinski definition) is 2. The third-order valence-electron chi connectivity index (χ3n) is 2.81. The third kappa shape index (κ3) is 4.60. The standard InChI is InChI=1S/C10H19N5O2/c1-7-3-4-8(17-7)9(10(11)16)13-5-2-6-14-15-12/h7-9,13H,2-6H2,1H3,(H2,11,16). The van der Waals surface area contributed by atoms with Gasteiger partial charge in [0.1, 0.15) is 6.04 Å². The largest absolute Gasteiger partial charge is 0.373 e. The van der Waals surface area contributed by atoms with E-state index in [1.54, 1.807) is 0 Å². The minimum absolute atomic E-state index is 0.137. The Morgan fingerprint density at radius 3 is 3.00 bits per heavy atom. The van der Waals surface area contributed by atoms with Gasteiger partial charge < -0.3 is 15.8 Å². The van der Waals surface area contributed by atoms with Gasteiger partial charge in [-0.25, -0.2) is 0 Å². The van der Waals surface area contributed by atoms with E-state index in [4.69, 9.17) is 16.0 Å². The molecule has 3 atom stereocenters. The number of nitrogens with two attached hydrogens (primary N) is 1. The van der Waals surface area contributed by atoms with Crippen LogP contribution in [0.3, 0.4) is 0 Å². The van der Waals surface area contributed by atoms with E-state index in [-0.39, 0.29) is 12.2 Å². The molecule has 3 unspecified atom stereocenters. The summed E-state index contributed by atoms with van der Waals surface area (Å²) in [6.45, 7) is 2.98. The molecule has 0 aromatic rings. The quantitative estimate of drug-likeness (QED) is 0.296.